The van der Waals surface area contributed by atoms with Crippen molar-refractivity contribution in [1.29, 1.82) is 0 Å². The van der Waals surface area contributed by atoms with Crippen LogP contribution < -0.4 is 26.6 Å². The van der Waals surface area contributed by atoms with E-state index in [0.717, 1.165) is 50.5 Å². The van der Waals surface area contributed by atoms with Gasteiger partial charge in [-0.15, -0.1) is 0 Å². The Hall–Kier alpha value is -6.23. The highest BCUT2D eigenvalue weighted by molar-refractivity contribution is 5.79. The lowest BCUT2D eigenvalue weighted by molar-refractivity contribution is -0.258. The average molecular weight is 1820 g/mol. The molecule has 0 saturated carbocycles. The Balaban J connectivity index is 1.26. The number of carbonyl (C=O) groups excluding carboxylic acids is 9. The number of hydrogen-bond acceptors (Lipinski definition) is 30. The van der Waals surface area contributed by atoms with Gasteiger partial charge in [-0.1, -0.05) is 131 Å². The van der Waals surface area contributed by atoms with Gasteiger partial charge < -0.3 is 126 Å². The zero-order chi connectivity index (χ0) is 92.9. The van der Waals surface area contributed by atoms with Crippen molar-refractivity contribution in [2.24, 2.45) is 58.7 Å². The van der Waals surface area contributed by atoms with Crippen molar-refractivity contribution < 1.29 is 143 Å². The predicted molar refractivity (Wildman–Crippen MR) is 468 cm³/mol. The second-order valence-electron chi connectivity index (χ2n) is 34.0. The molecule has 5 amide bonds. The Labute approximate surface area is 754 Å². The van der Waals surface area contributed by atoms with Crippen LogP contribution in [0.5, 0.6) is 0 Å². The first kappa shape index (κ1) is 113. The van der Waals surface area contributed by atoms with Gasteiger partial charge in [0.1, 0.15) is 32.2 Å². The SMILES string of the molecule is CC(=O)OCC1OC(OCCOCCOCCNC(=O)CCOCC(COCCC(=O)NCCOCCOCCOC2OC(COC(C)=O)C(C)C(C)C2C)(COCCC(=O)NCCOCCOCCOC2OC(COC(C)=O)C(C)C(C)C2C)CC(=O)CCCCCCCCCCC(=O)NCCOC(C)(C)OCCNC(=O)OCc2ccccc2)C(C)C(C)C1C. The molecule has 0 aliphatic carbocycles. The largest absolute Gasteiger partial charge is 0.463 e. The summed E-state index contributed by atoms with van der Waals surface area (Å²) >= 11 is 0. The van der Waals surface area contributed by atoms with Crippen LogP contribution in [0.4, 0.5) is 4.79 Å². The van der Waals surface area contributed by atoms with Crippen molar-refractivity contribution in [2.75, 3.05) is 205 Å². The number of ether oxygens (including phenoxy) is 21. The maximum atomic E-state index is 14.2. The third kappa shape index (κ3) is 52.0. The van der Waals surface area contributed by atoms with Gasteiger partial charge >= 0.3 is 24.0 Å². The van der Waals surface area contributed by atoms with Crippen molar-refractivity contribution in [3.63, 3.8) is 0 Å². The van der Waals surface area contributed by atoms with Crippen LogP contribution in [0.1, 0.15) is 192 Å². The maximum absolute atomic E-state index is 14.2. The van der Waals surface area contributed by atoms with Crippen LogP contribution >= 0.6 is 0 Å². The van der Waals surface area contributed by atoms with Crippen LogP contribution in [0.2, 0.25) is 0 Å². The zero-order valence-corrected chi connectivity index (χ0v) is 78.8. The monoisotopic (exact) mass is 1810 g/mol. The molecule has 3 saturated heterocycles. The molecule has 732 valence electrons. The Morgan fingerprint density at radius 2 is 0.630 bits per heavy atom. The number of hydrogen-bond donors (Lipinski definition) is 5. The van der Waals surface area contributed by atoms with Gasteiger partial charge in [0.2, 0.25) is 23.6 Å². The molecule has 1 aromatic carbocycles. The van der Waals surface area contributed by atoms with E-state index in [0.29, 0.717) is 78.8 Å². The highest BCUT2D eigenvalue weighted by Gasteiger charge is 2.43. The summed E-state index contributed by atoms with van der Waals surface area (Å²) in [4.78, 5) is 113. The van der Waals surface area contributed by atoms with Crippen LogP contribution in [0, 0.1) is 58.7 Å². The van der Waals surface area contributed by atoms with Crippen molar-refractivity contribution in [1.82, 2.24) is 26.6 Å². The van der Waals surface area contributed by atoms with Crippen molar-refractivity contribution in [3.05, 3.63) is 35.9 Å². The van der Waals surface area contributed by atoms with E-state index in [-0.39, 0.29) is 296 Å². The molecule has 0 bridgehead atoms. The number of benzene rings is 1. The zero-order valence-electron chi connectivity index (χ0n) is 78.8. The van der Waals surface area contributed by atoms with E-state index in [4.69, 9.17) is 99.5 Å². The van der Waals surface area contributed by atoms with E-state index in [9.17, 15) is 43.2 Å². The molecular weight excluding hydrogens is 1660 g/mol. The number of nitrogens with one attached hydrogen (secondary N) is 5. The van der Waals surface area contributed by atoms with E-state index >= 15 is 0 Å². The van der Waals surface area contributed by atoms with Crippen LogP contribution in [0.25, 0.3) is 0 Å². The molecule has 5 N–H and O–H groups in total. The minimum absolute atomic E-state index is 0.00639. The molecule has 3 aliphatic rings. The number of esters is 3. The lowest BCUT2D eigenvalue weighted by atomic mass is 9.79. The number of alkyl carbamates (subject to hydrolysis) is 1. The molecule has 0 spiro atoms. The Morgan fingerprint density at radius 3 is 0.984 bits per heavy atom. The summed E-state index contributed by atoms with van der Waals surface area (Å²) in [5.74, 6) is -1.19. The van der Waals surface area contributed by atoms with Crippen LogP contribution in [-0.2, 0) is 144 Å². The molecule has 0 aromatic heterocycles. The summed E-state index contributed by atoms with van der Waals surface area (Å²) in [6, 6.07) is 9.39. The van der Waals surface area contributed by atoms with Crippen molar-refractivity contribution >= 4 is 53.4 Å². The average Bonchev–Trinajstić information content (AvgIpc) is 0.826. The van der Waals surface area contributed by atoms with E-state index in [1.54, 1.807) is 13.8 Å². The van der Waals surface area contributed by atoms with E-state index < -0.39 is 36.2 Å². The number of rotatable bonds is 74. The highest BCUT2D eigenvalue weighted by Crippen LogP contribution is 2.39. The second-order valence-corrected chi connectivity index (χ2v) is 34.0. The van der Waals surface area contributed by atoms with Crippen LogP contribution in [0.3, 0.4) is 0 Å². The molecule has 127 heavy (non-hydrogen) atoms. The summed E-state index contributed by atoms with van der Waals surface area (Å²) in [6.07, 6.45) is 4.82. The molecule has 3 heterocycles. The van der Waals surface area contributed by atoms with Crippen LogP contribution in [0.15, 0.2) is 30.3 Å². The van der Waals surface area contributed by atoms with Crippen molar-refractivity contribution in [3.8, 4) is 0 Å². The Bertz CT molecular complexity index is 2930. The fraction of sp³-hybridized carbons (Fsp3) is 0.837. The van der Waals surface area contributed by atoms with Gasteiger partial charge in [-0.3, -0.25) is 38.4 Å². The summed E-state index contributed by atoms with van der Waals surface area (Å²) in [5.41, 5.74) is -0.208. The highest BCUT2D eigenvalue weighted by atomic mass is 16.7. The van der Waals surface area contributed by atoms with Gasteiger partial charge in [0.25, 0.3) is 0 Å². The first-order chi connectivity index (χ1) is 61.0. The third-order valence-corrected chi connectivity index (χ3v) is 23.4. The van der Waals surface area contributed by atoms with E-state index in [1.807, 2.05) is 30.3 Å². The molecule has 35 nitrogen and oxygen atoms in total. The fourth-order valence-electron chi connectivity index (χ4n) is 14.5. The van der Waals surface area contributed by atoms with Gasteiger partial charge in [0.15, 0.2) is 24.7 Å². The Kier molecular flexibility index (Phi) is 60.4. The van der Waals surface area contributed by atoms with Gasteiger partial charge in [-0.25, -0.2) is 4.79 Å². The quantitative estimate of drug-likeness (QED) is 0.0176. The Morgan fingerprint density at radius 1 is 0.323 bits per heavy atom. The first-order valence-corrected chi connectivity index (χ1v) is 46.2. The number of amides is 5. The minimum Gasteiger partial charge on any atom is -0.463 e. The topological polar surface area (TPSA) is 408 Å². The molecule has 35 heteroatoms. The molecule has 15 unspecified atom stereocenters. The summed E-state index contributed by atoms with van der Waals surface area (Å²) < 4.78 is 122. The fourth-order valence-corrected chi connectivity index (χ4v) is 14.5. The standard InChI is InChI=1S/C92H159N5O30/c1-66-69(4)80(60-119-75(10)98)125-87(72(66)7)116-55-52-110-49-46-107-41-33-93-84(103)30-38-113-63-92(64-114-39-31-85(104)94-34-42-108-47-50-111-53-56-117-88-73(8)67(2)70(5)81(126-88)61-120-76(11)99,65-115-40-32-86(105)95-35-43-109-48-51-112-54-57-118-89-74(9)68(3)71(6)82(127-89)62-121-77(12)100)58-79(101)28-24-19-17-15-16-18-20-25-29-83(102)96-36-44-123-91(13,14)124-45-37-97-90(106)122-59-78-26-22-21-23-27-78/h21-23,26-27,66-74,80-82,87-89H,15-20,24-25,28-65H2,1-14H3,(H,93,103)(H,94,104)(H,95,105)(H,96,102)(H,97,106). The number of carbonyl (C=O) groups is 9. The molecule has 3 fully saturated rings. The van der Waals surface area contributed by atoms with E-state index in [2.05, 4.69) is 88.9 Å². The minimum atomic E-state index is -1.09. The third-order valence-electron chi connectivity index (χ3n) is 23.4. The molecule has 0 radical (unpaired) electrons. The lowest BCUT2D eigenvalue weighted by Crippen LogP contribution is -2.48. The predicted octanol–water partition coefficient (Wildman–Crippen LogP) is 8.95. The van der Waals surface area contributed by atoms with Gasteiger partial charge in [0, 0.05) is 115 Å². The normalized spacial score (nSPS) is 22.9. The number of ketones is 1. The molecular formula is C92H159N5O30. The molecule has 3 aliphatic heterocycles. The number of Topliss-reactive ketones (excluding diaryl/α,β-unsaturated/α-hetero) is 1. The maximum Gasteiger partial charge on any atom is 0.407 e. The van der Waals surface area contributed by atoms with Gasteiger partial charge in [-0.2, -0.15) is 0 Å². The summed E-state index contributed by atoms with van der Waals surface area (Å²) in [5, 5.41) is 14.1. The summed E-state index contributed by atoms with van der Waals surface area (Å²) in [6.45, 7) is 33.1. The van der Waals surface area contributed by atoms with Gasteiger partial charge in [-0.05, 0) is 67.8 Å². The smallest absolute Gasteiger partial charge is 0.407 e. The molecule has 1 aromatic rings. The lowest BCUT2D eigenvalue weighted by Gasteiger charge is -2.43. The molecule has 15 atom stereocenters. The van der Waals surface area contributed by atoms with Crippen LogP contribution in [-0.4, -0.2) is 301 Å². The number of unbranched alkanes of at least 4 members (excludes halogenated alkanes) is 7. The summed E-state index contributed by atoms with van der Waals surface area (Å²) in [7, 11) is 0. The first-order valence-electron chi connectivity index (χ1n) is 46.2. The van der Waals surface area contributed by atoms with Crippen molar-refractivity contribution in [2.45, 2.75) is 236 Å². The van der Waals surface area contributed by atoms with Gasteiger partial charge in [0.05, 0.1) is 170 Å². The molecule has 4 rings (SSSR count). The second kappa shape index (κ2) is 67.9. The van der Waals surface area contributed by atoms with E-state index in [1.165, 1.54) is 20.8 Å².